The predicted octanol–water partition coefficient (Wildman–Crippen LogP) is 4.82. The van der Waals surface area contributed by atoms with Crippen LogP contribution in [-0.4, -0.2) is 30.2 Å². The first kappa shape index (κ1) is 18.5. The van der Waals surface area contributed by atoms with Crippen molar-refractivity contribution in [3.05, 3.63) is 60.9 Å². The van der Waals surface area contributed by atoms with Gasteiger partial charge in [0, 0.05) is 37.2 Å². The van der Waals surface area contributed by atoms with Gasteiger partial charge in [-0.05, 0) is 62.4 Å². The van der Waals surface area contributed by atoms with Crippen LogP contribution < -0.4 is 20.3 Å². The van der Waals surface area contributed by atoms with Crippen LogP contribution in [0.5, 0.6) is 5.75 Å². The van der Waals surface area contributed by atoms with Crippen LogP contribution in [0.15, 0.2) is 60.9 Å². The van der Waals surface area contributed by atoms with Crippen molar-refractivity contribution in [1.82, 2.24) is 9.97 Å². The Kier molecular flexibility index (Phi) is 5.76. The molecule has 3 aromatic rings. The molecule has 27 heavy (non-hydrogen) atoms. The molecule has 0 saturated carbocycles. The third-order valence-corrected chi connectivity index (χ3v) is 3.82. The smallest absolute Gasteiger partial charge is 0.135 e. The molecular weight excluding hydrogens is 338 g/mol. The van der Waals surface area contributed by atoms with Crippen molar-refractivity contribution < 1.29 is 4.74 Å². The molecule has 0 aliphatic rings. The highest BCUT2D eigenvalue weighted by atomic mass is 16.5. The first-order valence-electron chi connectivity index (χ1n) is 8.90. The monoisotopic (exact) mass is 363 g/mol. The van der Waals surface area contributed by atoms with Gasteiger partial charge in [-0.1, -0.05) is 0 Å². The SMILES string of the molecule is CC(C)Oc1ccc(Nc2cc(Nc3ccc(N(C)C)cc3)ncn2)cc1. The van der Waals surface area contributed by atoms with Gasteiger partial charge in [-0.2, -0.15) is 0 Å². The molecule has 1 aromatic heterocycles. The second-order valence-corrected chi connectivity index (χ2v) is 6.67. The number of benzene rings is 2. The number of hydrogen-bond acceptors (Lipinski definition) is 6. The maximum atomic E-state index is 5.66. The Hall–Kier alpha value is -3.28. The minimum Gasteiger partial charge on any atom is -0.491 e. The number of nitrogens with zero attached hydrogens (tertiary/aromatic N) is 3. The Bertz CT molecular complexity index is 861. The van der Waals surface area contributed by atoms with E-state index in [1.54, 1.807) is 0 Å². The highest BCUT2D eigenvalue weighted by Crippen LogP contribution is 2.23. The zero-order valence-corrected chi connectivity index (χ0v) is 16.1. The summed E-state index contributed by atoms with van der Waals surface area (Å²) in [6, 6.07) is 17.9. The lowest BCUT2D eigenvalue weighted by molar-refractivity contribution is 0.242. The summed E-state index contributed by atoms with van der Waals surface area (Å²) in [6.45, 7) is 4.02. The average Bonchev–Trinajstić information content (AvgIpc) is 2.64. The lowest BCUT2D eigenvalue weighted by Gasteiger charge is -2.13. The van der Waals surface area contributed by atoms with E-state index in [2.05, 4.69) is 37.6 Å². The molecule has 0 unspecified atom stereocenters. The molecule has 0 bridgehead atoms. The number of nitrogens with one attached hydrogen (secondary N) is 2. The van der Waals surface area contributed by atoms with Crippen LogP contribution in [0.4, 0.5) is 28.7 Å². The van der Waals surface area contributed by atoms with Gasteiger partial charge < -0.3 is 20.3 Å². The normalized spacial score (nSPS) is 10.6. The molecule has 3 rings (SSSR count). The first-order valence-corrected chi connectivity index (χ1v) is 8.90. The second kappa shape index (κ2) is 8.40. The van der Waals surface area contributed by atoms with Crippen LogP contribution in [0.25, 0.3) is 0 Å². The van der Waals surface area contributed by atoms with Crippen molar-refractivity contribution in [1.29, 1.82) is 0 Å². The summed E-state index contributed by atoms with van der Waals surface area (Å²) in [4.78, 5) is 10.6. The maximum absolute atomic E-state index is 5.66. The summed E-state index contributed by atoms with van der Waals surface area (Å²) in [7, 11) is 4.04. The molecule has 0 radical (unpaired) electrons. The van der Waals surface area contributed by atoms with Crippen LogP contribution in [0.2, 0.25) is 0 Å². The van der Waals surface area contributed by atoms with E-state index in [1.807, 2.05) is 70.4 Å². The summed E-state index contributed by atoms with van der Waals surface area (Å²) < 4.78 is 5.66. The molecule has 0 atom stereocenters. The van der Waals surface area contributed by atoms with Gasteiger partial charge >= 0.3 is 0 Å². The van der Waals surface area contributed by atoms with Gasteiger partial charge in [-0.15, -0.1) is 0 Å². The lowest BCUT2D eigenvalue weighted by atomic mass is 10.2. The first-order chi connectivity index (χ1) is 13.0. The summed E-state index contributed by atoms with van der Waals surface area (Å²) >= 11 is 0. The average molecular weight is 363 g/mol. The van der Waals surface area contributed by atoms with Crippen LogP contribution in [0, 0.1) is 0 Å². The molecule has 6 heteroatoms. The van der Waals surface area contributed by atoms with Gasteiger partial charge in [0.2, 0.25) is 0 Å². The van der Waals surface area contributed by atoms with E-state index < -0.39 is 0 Å². The zero-order chi connectivity index (χ0) is 19.2. The minimum atomic E-state index is 0.158. The van der Waals surface area contributed by atoms with Gasteiger partial charge in [0.1, 0.15) is 23.7 Å². The van der Waals surface area contributed by atoms with Crippen LogP contribution in [0.1, 0.15) is 13.8 Å². The number of ether oxygens (including phenoxy) is 1. The summed E-state index contributed by atoms with van der Waals surface area (Å²) in [5.41, 5.74) is 3.06. The molecule has 0 aliphatic carbocycles. The number of aromatic nitrogens is 2. The molecule has 2 aromatic carbocycles. The summed E-state index contributed by atoms with van der Waals surface area (Å²) in [5, 5.41) is 6.58. The molecule has 0 aliphatic heterocycles. The van der Waals surface area contributed by atoms with Crippen molar-refractivity contribution in [2.24, 2.45) is 0 Å². The lowest BCUT2D eigenvalue weighted by Crippen LogP contribution is -2.08. The topological polar surface area (TPSA) is 62.3 Å². The Morgan fingerprint density at radius 3 is 1.81 bits per heavy atom. The van der Waals surface area contributed by atoms with Crippen molar-refractivity contribution in [3.63, 3.8) is 0 Å². The molecule has 0 fully saturated rings. The van der Waals surface area contributed by atoms with Crippen molar-refractivity contribution in [3.8, 4) is 5.75 Å². The van der Waals surface area contributed by atoms with Gasteiger partial charge in [0.05, 0.1) is 6.10 Å². The van der Waals surface area contributed by atoms with Crippen LogP contribution in [-0.2, 0) is 0 Å². The van der Waals surface area contributed by atoms with Crippen LogP contribution in [0.3, 0.4) is 0 Å². The van der Waals surface area contributed by atoms with Gasteiger partial charge in [-0.3, -0.25) is 0 Å². The molecule has 6 nitrogen and oxygen atoms in total. The van der Waals surface area contributed by atoms with Gasteiger partial charge in [0.15, 0.2) is 0 Å². The minimum absolute atomic E-state index is 0.158. The number of hydrogen-bond donors (Lipinski definition) is 2. The van der Waals surface area contributed by atoms with E-state index in [-0.39, 0.29) is 6.10 Å². The summed E-state index contributed by atoms with van der Waals surface area (Å²) in [5.74, 6) is 2.29. The highest BCUT2D eigenvalue weighted by Gasteiger charge is 2.03. The Labute approximate surface area is 160 Å². The van der Waals surface area contributed by atoms with E-state index in [4.69, 9.17) is 4.74 Å². The molecule has 2 N–H and O–H groups in total. The number of rotatable bonds is 7. The quantitative estimate of drug-likeness (QED) is 0.628. The third kappa shape index (κ3) is 5.34. The largest absolute Gasteiger partial charge is 0.491 e. The molecule has 0 spiro atoms. The molecule has 140 valence electrons. The number of anilines is 5. The van der Waals surface area contributed by atoms with Gasteiger partial charge in [0.25, 0.3) is 0 Å². The van der Waals surface area contributed by atoms with E-state index in [9.17, 15) is 0 Å². The second-order valence-electron chi connectivity index (χ2n) is 6.67. The molecule has 0 amide bonds. The van der Waals surface area contributed by atoms with E-state index in [0.717, 1.165) is 34.4 Å². The molecular formula is C21H25N5O. The molecule has 1 heterocycles. The summed E-state index contributed by atoms with van der Waals surface area (Å²) in [6.07, 6.45) is 1.70. The fourth-order valence-corrected chi connectivity index (χ4v) is 2.52. The standard InChI is InChI=1S/C21H25N5O/c1-15(2)27-19-11-7-17(8-12-19)25-21-13-20(22-14-23-21)24-16-5-9-18(10-6-16)26(3)4/h5-15H,1-4H3,(H2,22,23,24,25). The Balaban J connectivity index is 1.66. The zero-order valence-electron chi connectivity index (χ0n) is 16.1. The van der Waals surface area contributed by atoms with Crippen molar-refractivity contribution in [2.45, 2.75) is 20.0 Å². The third-order valence-electron chi connectivity index (χ3n) is 3.82. The predicted molar refractivity (Wildman–Crippen MR) is 112 cm³/mol. The highest BCUT2D eigenvalue weighted by molar-refractivity contribution is 5.64. The van der Waals surface area contributed by atoms with Crippen molar-refractivity contribution in [2.75, 3.05) is 29.6 Å². The van der Waals surface area contributed by atoms with E-state index >= 15 is 0 Å². The van der Waals surface area contributed by atoms with E-state index in [0.29, 0.717) is 0 Å². The molecule has 0 saturated heterocycles. The Morgan fingerprint density at radius 1 is 0.815 bits per heavy atom. The van der Waals surface area contributed by atoms with Gasteiger partial charge in [-0.25, -0.2) is 9.97 Å². The maximum Gasteiger partial charge on any atom is 0.135 e. The fourth-order valence-electron chi connectivity index (χ4n) is 2.52. The fraction of sp³-hybridized carbons (Fsp3) is 0.238. The van der Waals surface area contributed by atoms with Crippen molar-refractivity contribution >= 4 is 28.7 Å². The van der Waals surface area contributed by atoms with E-state index in [1.165, 1.54) is 6.33 Å². The van der Waals surface area contributed by atoms with Crippen LogP contribution >= 0.6 is 0 Å². The Morgan fingerprint density at radius 2 is 1.33 bits per heavy atom.